The van der Waals surface area contributed by atoms with Crippen LogP contribution in [0.1, 0.15) is 24.5 Å². The van der Waals surface area contributed by atoms with Gasteiger partial charge < -0.3 is 11.1 Å². The van der Waals surface area contributed by atoms with Gasteiger partial charge in [0.05, 0.1) is 11.7 Å². The van der Waals surface area contributed by atoms with E-state index in [0.29, 0.717) is 43.7 Å². The molecule has 7 nitrogen and oxygen atoms in total. The van der Waals surface area contributed by atoms with Crippen molar-refractivity contribution in [3.8, 4) is 0 Å². The summed E-state index contributed by atoms with van der Waals surface area (Å²) in [6.07, 6.45) is 1.81. The smallest absolute Gasteiger partial charge is 0.301 e. The van der Waals surface area contributed by atoms with Crippen LogP contribution in [0.15, 0.2) is 48.5 Å². The van der Waals surface area contributed by atoms with Gasteiger partial charge in [-0.25, -0.2) is 0 Å². The van der Waals surface area contributed by atoms with Crippen LogP contribution in [-0.2, 0) is 27.8 Å². The normalized spacial score (nSPS) is 14.5. The van der Waals surface area contributed by atoms with Crippen LogP contribution < -0.4 is 20.1 Å². The van der Waals surface area contributed by atoms with E-state index in [1.165, 1.54) is 4.31 Å². The second-order valence-electron chi connectivity index (χ2n) is 6.77. The minimum atomic E-state index is -3.60. The summed E-state index contributed by atoms with van der Waals surface area (Å²) >= 11 is 0. The number of nitrogens with zero attached hydrogens (tertiary/aromatic N) is 1. The number of carbonyl (C=O) groups is 1. The van der Waals surface area contributed by atoms with E-state index < -0.39 is 16.3 Å². The molecule has 0 bridgehead atoms. The fraction of sp³-hybridized carbons (Fsp3) is 0.350. The lowest BCUT2D eigenvalue weighted by molar-refractivity contribution is -0.117. The number of fused-ring (bicyclic) bond motifs is 1. The van der Waals surface area contributed by atoms with E-state index in [4.69, 9.17) is 5.73 Å². The van der Waals surface area contributed by atoms with Crippen LogP contribution in [0.4, 0.5) is 11.4 Å². The summed E-state index contributed by atoms with van der Waals surface area (Å²) in [7, 11) is -3.60. The monoisotopic (exact) mass is 438 g/mol. The lowest BCUT2D eigenvalue weighted by atomic mass is 10.0. The topological polar surface area (TPSA) is 105 Å². The zero-order chi connectivity index (χ0) is 20.1. The average molecular weight is 439 g/mol. The molecule has 1 amide bonds. The quantitative estimate of drug-likeness (QED) is 0.616. The molecule has 0 fully saturated rings. The number of nitrogens with two attached hydrogens (primary N) is 1. The Morgan fingerprint density at radius 1 is 1.17 bits per heavy atom. The van der Waals surface area contributed by atoms with Crippen LogP contribution >= 0.6 is 12.4 Å². The summed E-state index contributed by atoms with van der Waals surface area (Å²) in [6.45, 7) is 2.47. The summed E-state index contributed by atoms with van der Waals surface area (Å²) in [4.78, 5) is 12.6. The molecule has 1 unspecified atom stereocenters. The molecule has 0 spiro atoms. The maximum atomic E-state index is 12.6. The molecule has 29 heavy (non-hydrogen) atoms. The van der Waals surface area contributed by atoms with Crippen molar-refractivity contribution in [3.05, 3.63) is 59.7 Å². The van der Waals surface area contributed by atoms with Crippen molar-refractivity contribution in [2.45, 2.75) is 32.2 Å². The molecular weight excluding hydrogens is 412 g/mol. The highest BCUT2D eigenvalue weighted by Crippen LogP contribution is 2.34. The molecule has 1 heterocycles. The highest BCUT2D eigenvalue weighted by atomic mass is 35.5. The van der Waals surface area contributed by atoms with E-state index >= 15 is 0 Å². The van der Waals surface area contributed by atoms with Gasteiger partial charge >= 0.3 is 10.2 Å². The molecule has 0 saturated heterocycles. The van der Waals surface area contributed by atoms with Crippen LogP contribution in [0.5, 0.6) is 0 Å². The highest BCUT2D eigenvalue weighted by Gasteiger charge is 2.28. The second kappa shape index (κ2) is 10.1. The van der Waals surface area contributed by atoms with E-state index in [9.17, 15) is 13.2 Å². The number of amides is 1. The Balaban J connectivity index is 0.00000300. The molecule has 2 aromatic carbocycles. The zero-order valence-corrected chi connectivity index (χ0v) is 17.9. The number of nitrogens with one attached hydrogen (secondary N) is 2. The Hall–Kier alpha value is -2.13. The summed E-state index contributed by atoms with van der Waals surface area (Å²) in [6, 6.07) is 14.2. The first-order valence-corrected chi connectivity index (χ1v) is 10.9. The standard InChI is InChI=1S/C20H26N4O3S.ClH/c1-2-22-28(26,27)24-13-7-10-16-18(11-6-12-19(16)24)23-20(25)17(21)14-15-8-4-3-5-9-15;/h3-6,8-9,11-12,17,22H,2,7,10,13-14,21H2,1H3,(H,23,25);1H. The third kappa shape index (κ3) is 5.48. The fourth-order valence-electron chi connectivity index (χ4n) is 3.40. The van der Waals surface area contributed by atoms with Gasteiger partial charge in [-0.15, -0.1) is 12.4 Å². The van der Waals surface area contributed by atoms with Crippen molar-refractivity contribution < 1.29 is 13.2 Å². The molecule has 1 aliphatic heterocycles. The zero-order valence-electron chi connectivity index (χ0n) is 16.3. The van der Waals surface area contributed by atoms with Crippen molar-refractivity contribution in [1.82, 2.24) is 4.72 Å². The van der Waals surface area contributed by atoms with Gasteiger partial charge in [-0.2, -0.15) is 13.1 Å². The van der Waals surface area contributed by atoms with Crippen LogP contribution in [0.3, 0.4) is 0 Å². The van der Waals surface area contributed by atoms with Crippen LogP contribution in [0, 0.1) is 0 Å². The minimum Gasteiger partial charge on any atom is -0.324 e. The maximum Gasteiger partial charge on any atom is 0.301 e. The van der Waals surface area contributed by atoms with Gasteiger partial charge in [0.1, 0.15) is 0 Å². The number of halogens is 1. The molecule has 4 N–H and O–H groups in total. The van der Waals surface area contributed by atoms with Gasteiger partial charge in [-0.05, 0) is 37.0 Å². The van der Waals surface area contributed by atoms with Crippen LogP contribution in [-0.4, -0.2) is 33.5 Å². The van der Waals surface area contributed by atoms with Crippen LogP contribution in [0.25, 0.3) is 0 Å². The molecule has 1 atom stereocenters. The lowest BCUT2D eigenvalue weighted by Crippen LogP contribution is -2.43. The van der Waals surface area contributed by atoms with Crippen molar-refractivity contribution in [1.29, 1.82) is 0 Å². The third-order valence-corrected chi connectivity index (χ3v) is 6.33. The van der Waals surface area contributed by atoms with Gasteiger partial charge in [-0.3, -0.25) is 9.10 Å². The summed E-state index contributed by atoms with van der Waals surface area (Å²) in [5.41, 5.74) is 9.10. The Morgan fingerprint density at radius 3 is 2.59 bits per heavy atom. The Bertz CT molecular complexity index is 938. The van der Waals surface area contributed by atoms with Crippen molar-refractivity contribution in [2.24, 2.45) is 5.73 Å². The van der Waals surface area contributed by atoms with E-state index in [2.05, 4.69) is 10.0 Å². The number of carbonyl (C=O) groups excluding carboxylic acids is 1. The number of anilines is 2. The first kappa shape index (κ1) is 23.2. The summed E-state index contributed by atoms with van der Waals surface area (Å²) in [5, 5.41) is 2.89. The minimum absolute atomic E-state index is 0. The largest absolute Gasteiger partial charge is 0.324 e. The number of rotatable bonds is 7. The first-order valence-electron chi connectivity index (χ1n) is 9.42. The van der Waals surface area contributed by atoms with E-state index in [-0.39, 0.29) is 18.3 Å². The SMILES string of the molecule is CCNS(=O)(=O)N1CCCc2c(NC(=O)C(N)Cc3ccccc3)cccc21.Cl. The van der Waals surface area contributed by atoms with Crippen molar-refractivity contribution in [3.63, 3.8) is 0 Å². The van der Waals surface area contributed by atoms with Gasteiger partial charge in [-0.1, -0.05) is 43.3 Å². The molecule has 0 saturated carbocycles. The fourth-order valence-corrected chi connectivity index (χ4v) is 4.72. The molecular formula is C20H27ClN4O3S. The van der Waals surface area contributed by atoms with Gasteiger partial charge in [0.15, 0.2) is 0 Å². The third-order valence-electron chi connectivity index (χ3n) is 4.72. The summed E-state index contributed by atoms with van der Waals surface area (Å²) < 4.78 is 28.9. The lowest BCUT2D eigenvalue weighted by Gasteiger charge is -2.31. The Labute approximate surface area is 178 Å². The average Bonchev–Trinajstić information content (AvgIpc) is 2.68. The second-order valence-corrected chi connectivity index (χ2v) is 8.45. The molecule has 0 radical (unpaired) electrons. The van der Waals surface area contributed by atoms with E-state index in [1.54, 1.807) is 25.1 Å². The Morgan fingerprint density at radius 2 is 1.90 bits per heavy atom. The highest BCUT2D eigenvalue weighted by molar-refractivity contribution is 7.90. The van der Waals surface area contributed by atoms with Gasteiger partial charge in [0.25, 0.3) is 0 Å². The van der Waals surface area contributed by atoms with Crippen molar-refractivity contribution >= 4 is 39.9 Å². The number of hydrogen-bond acceptors (Lipinski definition) is 4. The number of benzene rings is 2. The molecule has 9 heteroatoms. The number of hydrogen-bond donors (Lipinski definition) is 3. The van der Waals surface area contributed by atoms with E-state index in [1.807, 2.05) is 30.3 Å². The molecule has 0 aliphatic carbocycles. The predicted octanol–water partition coefficient (Wildman–Crippen LogP) is 2.22. The molecule has 0 aromatic heterocycles. The maximum absolute atomic E-state index is 12.6. The molecule has 1 aliphatic rings. The predicted molar refractivity (Wildman–Crippen MR) is 119 cm³/mol. The van der Waals surface area contributed by atoms with Gasteiger partial charge in [0.2, 0.25) is 5.91 Å². The van der Waals surface area contributed by atoms with Crippen molar-refractivity contribution in [2.75, 3.05) is 22.7 Å². The van der Waals surface area contributed by atoms with Crippen LogP contribution in [0.2, 0.25) is 0 Å². The molecule has 3 rings (SSSR count). The Kier molecular flexibility index (Phi) is 8.04. The molecule has 2 aromatic rings. The van der Waals surface area contributed by atoms with Gasteiger partial charge in [0, 0.05) is 24.3 Å². The first-order chi connectivity index (χ1) is 13.4. The van der Waals surface area contributed by atoms with E-state index in [0.717, 1.165) is 11.1 Å². The molecule has 158 valence electrons. The summed E-state index contributed by atoms with van der Waals surface area (Å²) in [5.74, 6) is -0.288.